The summed E-state index contributed by atoms with van der Waals surface area (Å²) in [6, 6.07) is 6.56. The number of hydrogen-bond acceptors (Lipinski definition) is 3. The summed E-state index contributed by atoms with van der Waals surface area (Å²) in [5.41, 5.74) is 0. The average Bonchev–Trinajstić information content (AvgIpc) is 3.02. The molecule has 21 heavy (non-hydrogen) atoms. The van der Waals surface area contributed by atoms with E-state index in [-0.39, 0.29) is 15.8 Å². The first-order valence-electron chi connectivity index (χ1n) is 6.83. The smallest absolute Gasteiger partial charge is 0.244 e. The van der Waals surface area contributed by atoms with Gasteiger partial charge < -0.3 is 4.98 Å². The monoisotopic (exact) mass is 325 g/mol. The molecular formula is C14H16ClN3O2S. The molecule has 1 saturated heterocycles. The van der Waals surface area contributed by atoms with Crippen LogP contribution in [0.4, 0.5) is 0 Å². The summed E-state index contributed by atoms with van der Waals surface area (Å²) in [5, 5.41) is 0.262. The zero-order valence-electron chi connectivity index (χ0n) is 11.4. The maximum atomic E-state index is 12.7. The molecule has 0 amide bonds. The number of imidazole rings is 1. The van der Waals surface area contributed by atoms with Crippen molar-refractivity contribution in [2.75, 3.05) is 13.1 Å². The Kier molecular flexibility index (Phi) is 4.01. The second-order valence-corrected chi connectivity index (χ2v) is 7.42. The number of benzene rings is 1. The number of sulfonamides is 1. The molecule has 0 saturated carbocycles. The minimum absolute atomic E-state index is 0.103. The van der Waals surface area contributed by atoms with Crippen LogP contribution in [0.15, 0.2) is 41.6 Å². The summed E-state index contributed by atoms with van der Waals surface area (Å²) in [5.74, 6) is 0.945. The summed E-state index contributed by atoms with van der Waals surface area (Å²) < 4.78 is 27.0. The highest BCUT2D eigenvalue weighted by Crippen LogP contribution is 2.30. The maximum absolute atomic E-state index is 12.7. The second kappa shape index (κ2) is 5.79. The van der Waals surface area contributed by atoms with Gasteiger partial charge in [-0.15, -0.1) is 0 Å². The molecule has 2 heterocycles. The third-order valence-corrected chi connectivity index (χ3v) is 6.11. The molecule has 1 fully saturated rings. The quantitative estimate of drug-likeness (QED) is 0.943. The van der Waals surface area contributed by atoms with Crippen LogP contribution in [0.25, 0.3) is 0 Å². The first-order valence-corrected chi connectivity index (χ1v) is 8.65. The predicted molar refractivity (Wildman–Crippen MR) is 80.8 cm³/mol. The van der Waals surface area contributed by atoms with Gasteiger partial charge in [0.05, 0.1) is 5.02 Å². The lowest BCUT2D eigenvalue weighted by atomic mass is 9.99. The first kappa shape index (κ1) is 14.6. The average molecular weight is 326 g/mol. The lowest BCUT2D eigenvalue weighted by molar-refractivity contribution is 0.310. The lowest BCUT2D eigenvalue weighted by Crippen LogP contribution is -2.39. The Morgan fingerprint density at radius 2 is 2.14 bits per heavy atom. The lowest BCUT2D eigenvalue weighted by Gasteiger charge is -2.31. The topological polar surface area (TPSA) is 66.1 Å². The van der Waals surface area contributed by atoms with Gasteiger partial charge in [0, 0.05) is 31.4 Å². The fourth-order valence-corrected chi connectivity index (χ4v) is 4.69. The van der Waals surface area contributed by atoms with Gasteiger partial charge in [0.25, 0.3) is 0 Å². The normalized spacial score (nSPS) is 20.5. The zero-order valence-corrected chi connectivity index (χ0v) is 12.9. The van der Waals surface area contributed by atoms with E-state index in [0.717, 1.165) is 18.7 Å². The molecule has 0 aliphatic carbocycles. The number of nitrogens with zero attached hydrogens (tertiary/aromatic N) is 2. The first-order chi connectivity index (χ1) is 10.1. The standard InChI is InChI=1S/C14H16ClN3O2S/c15-12-5-1-2-6-13(12)21(19,20)18-9-3-4-11(10-18)14-16-7-8-17-14/h1-2,5-8,11H,3-4,9-10H2,(H,16,17)/t11-/m1/s1. The Morgan fingerprint density at radius 1 is 1.33 bits per heavy atom. The number of H-pyrrole nitrogens is 1. The number of aromatic amines is 1. The molecule has 2 aromatic rings. The Hall–Kier alpha value is -1.37. The van der Waals surface area contributed by atoms with Crippen molar-refractivity contribution in [2.45, 2.75) is 23.7 Å². The second-order valence-electron chi connectivity index (χ2n) is 5.11. The van der Waals surface area contributed by atoms with Crippen molar-refractivity contribution in [1.29, 1.82) is 0 Å². The largest absolute Gasteiger partial charge is 0.348 e. The number of aromatic nitrogens is 2. The minimum Gasteiger partial charge on any atom is -0.348 e. The van der Waals surface area contributed by atoms with Gasteiger partial charge in [-0.25, -0.2) is 13.4 Å². The van der Waals surface area contributed by atoms with Crippen LogP contribution in [0.5, 0.6) is 0 Å². The number of rotatable bonds is 3. The van der Waals surface area contributed by atoms with Crippen molar-refractivity contribution in [2.24, 2.45) is 0 Å². The van der Waals surface area contributed by atoms with Gasteiger partial charge in [-0.05, 0) is 25.0 Å². The SMILES string of the molecule is O=S(=O)(c1ccccc1Cl)N1CCC[C@@H](c2ncc[nH]2)C1. The minimum atomic E-state index is -3.56. The molecule has 1 aliphatic heterocycles. The van der Waals surface area contributed by atoms with Gasteiger partial charge in [-0.2, -0.15) is 4.31 Å². The van der Waals surface area contributed by atoms with E-state index in [4.69, 9.17) is 11.6 Å². The molecule has 1 N–H and O–H groups in total. The van der Waals surface area contributed by atoms with Crippen LogP contribution in [0, 0.1) is 0 Å². The van der Waals surface area contributed by atoms with E-state index < -0.39 is 10.0 Å². The number of nitrogens with one attached hydrogen (secondary N) is 1. The van der Waals surface area contributed by atoms with Gasteiger partial charge in [-0.1, -0.05) is 23.7 Å². The highest BCUT2D eigenvalue weighted by atomic mass is 35.5. The molecule has 0 bridgehead atoms. The van der Waals surface area contributed by atoms with Gasteiger partial charge in [0.15, 0.2) is 0 Å². The summed E-state index contributed by atoms with van der Waals surface area (Å²) in [6.07, 6.45) is 5.20. The molecule has 1 aromatic heterocycles. The molecule has 7 heteroatoms. The summed E-state index contributed by atoms with van der Waals surface area (Å²) in [4.78, 5) is 7.49. The highest BCUT2D eigenvalue weighted by Gasteiger charge is 2.32. The van der Waals surface area contributed by atoms with Crippen LogP contribution in [-0.2, 0) is 10.0 Å². The molecule has 0 radical (unpaired) electrons. The number of piperidine rings is 1. The molecule has 5 nitrogen and oxygen atoms in total. The fraction of sp³-hybridized carbons (Fsp3) is 0.357. The van der Waals surface area contributed by atoms with Crippen LogP contribution in [0.2, 0.25) is 5.02 Å². The zero-order chi connectivity index (χ0) is 14.9. The Balaban J connectivity index is 1.88. The fourth-order valence-electron chi connectivity index (χ4n) is 2.68. The molecule has 112 valence electrons. The van der Waals surface area contributed by atoms with Crippen LogP contribution in [0.1, 0.15) is 24.6 Å². The predicted octanol–water partition coefficient (Wildman–Crippen LogP) is 2.63. The maximum Gasteiger partial charge on any atom is 0.244 e. The van der Waals surface area contributed by atoms with Crippen molar-refractivity contribution in [1.82, 2.24) is 14.3 Å². The van der Waals surface area contributed by atoms with Crippen LogP contribution < -0.4 is 0 Å². The van der Waals surface area contributed by atoms with E-state index in [9.17, 15) is 8.42 Å². The highest BCUT2D eigenvalue weighted by molar-refractivity contribution is 7.89. The summed E-state index contributed by atoms with van der Waals surface area (Å²) in [7, 11) is -3.56. The van der Waals surface area contributed by atoms with Crippen molar-refractivity contribution in [3.63, 3.8) is 0 Å². The summed E-state index contributed by atoms with van der Waals surface area (Å²) >= 11 is 6.04. The van der Waals surface area contributed by atoms with Crippen molar-refractivity contribution in [3.05, 3.63) is 47.5 Å². The van der Waals surface area contributed by atoms with Crippen molar-refractivity contribution >= 4 is 21.6 Å². The van der Waals surface area contributed by atoms with E-state index in [2.05, 4.69) is 9.97 Å². The number of halogens is 1. The van der Waals surface area contributed by atoms with Gasteiger partial charge in [-0.3, -0.25) is 0 Å². The third kappa shape index (κ3) is 2.84. The molecule has 0 spiro atoms. The molecule has 0 unspecified atom stereocenters. The van der Waals surface area contributed by atoms with Crippen LogP contribution >= 0.6 is 11.6 Å². The van der Waals surface area contributed by atoms with Gasteiger partial charge in [0.2, 0.25) is 10.0 Å². The summed E-state index contributed by atoms with van der Waals surface area (Å²) in [6.45, 7) is 0.950. The van der Waals surface area contributed by atoms with Gasteiger partial charge >= 0.3 is 0 Å². The van der Waals surface area contributed by atoms with Crippen LogP contribution in [0.3, 0.4) is 0 Å². The van der Waals surface area contributed by atoms with Crippen molar-refractivity contribution in [3.8, 4) is 0 Å². The Labute approximate surface area is 129 Å². The van der Waals surface area contributed by atoms with E-state index in [1.807, 2.05) is 0 Å². The van der Waals surface area contributed by atoms with E-state index >= 15 is 0 Å². The Morgan fingerprint density at radius 3 is 2.86 bits per heavy atom. The van der Waals surface area contributed by atoms with Gasteiger partial charge in [0.1, 0.15) is 10.7 Å². The van der Waals surface area contributed by atoms with Crippen molar-refractivity contribution < 1.29 is 8.42 Å². The molecule has 1 aromatic carbocycles. The molecule has 1 aliphatic rings. The molecular weight excluding hydrogens is 310 g/mol. The van der Waals surface area contributed by atoms with Crippen LogP contribution in [-0.4, -0.2) is 35.8 Å². The Bertz CT molecular complexity index is 716. The van der Waals surface area contributed by atoms with E-state index in [0.29, 0.717) is 13.1 Å². The van der Waals surface area contributed by atoms with E-state index in [1.165, 1.54) is 4.31 Å². The molecule has 1 atom stereocenters. The molecule has 3 rings (SSSR count). The third-order valence-electron chi connectivity index (χ3n) is 3.74. The van der Waals surface area contributed by atoms with E-state index in [1.54, 1.807) is 36.7 Å². The number of hydrogen-bond donors (Lipinski definition) is 1.